The van der Waals surface area contributed by atoms with Gasteiger partial charge in [-0.25, -0.2) is 8.42 Å². The number of hydrogen-bond donors (Lipinski definition) is 1. The average molecular weight is 397 g/mol. The topological polar surface area (TPSA) is 66.5 Å². The van der Waals surface area contributed by atoms with Crippen molar-refractivity contribution in [1.29, 1.82) is 0 Å². The molecule has 1 N–H and O–H groups in total. The number of benzene rings is 3. The molecule has 3 aromatic rings. The van der Waals surface area contributed by atoms with Crippen LogP contribution in [0.15, 0.2) is 72.8 Å². The third-order valence-electron chi connectivity index (χ3n) is 4.62. The van der Waals surface area contributed by atoms with Crippen LogP contribution in [0.25, 0.3) is 10.8 Å². The highest BCUT2D eigenvalue weighted by atomic mass is 32.2. The summed E-state index contributed by atoms with van der Waals surface area (Å²) in [7, 11) is -3.61. The van der Waals surface area contributed by atoms with Gasteiger partial charge in [-0.2, -0.15) is 0 Å². The van der Waals surface area contributed by atoms with Crippen LogP contribution in [-0.4, -0.2) is 26.6 Å². The molecule has 5 nitrogen and oxygen atoms in total. The molecule has 1 atom stereocenters. The molecule has 0 heterocycles. The fourth-order valence-corrected chi connectivity index (χ4v) is 4.50. The molecule has 0 unspecified atom stereocenters. The number of para-hydroxylation sites is 1. The Balaban J connectivity index is 1.79. The van der Waals surface area contributed by atoms with Crippen LogP contribution < -0.4 is 9.62 Å². The number of hydrogen-bond acceptors (Lipinski definition) is 3. The molecule has 3 aromatic carbocycles. The van der Waals surface area contributed by atoms with Crippen LogP contribution in [0.1, 0.15) is 18.9 Å². The van der Waals surface area contributed by atoms with E-state index in [1.807, 2.05) is 48.5 Å². The Morgan fingerprint density at radius 3 is 2.25 bits per heavy atom. The Hall–Kier alpha value is -2.86. The van der Waals surface area contributed by atoms with Crippen LogP contribution in [0.2, 0.25) is 0 Å². The first-order chi connectivity index (χ1) is 13.4. The van der Waals surface area contributed by atoms with E-state index in [0.717, 1.165) is 22.6 Å². The van der Waals surface area contributed by atoms with Crippen molar-refractivity contribution in [2.75, 3.05) is 10.6 Å². The van der Waals surface area contributed by atoms with Gasteiger partial charge in [0.2, 0.25) is 15.9 Å². The molecule has 6 heteroatoms. The van der Waals surface area contributed by atoms with Crippen molar-refractivity contribution >= 4 is 32.4 Å². The molecule has 0 aromatic heterocycles. The number of anilines is 1. The molecule has 0 fully saturated rings. The summed E-state index contributed by atoms with van der Waals surface area (Å²) in [5, 5.41) is 5.13. The molecular formula is C22H24N2O3S. The molecule has 0 aliphatic rings. The molecule has 28 heavy (non-hydrogen) atoms. The van der Waals surface area contributed by atoms with Crippen LogP contribution in [0.3, 0.4) is 0 Å². The molecule has 0 spiro atoms. The second-order valence-corrected chi connectivity index (χ2v) is 8.58. The predicted molar refractivity (Wildman–Crippen MR) is 114 cm³/mol. The molecular weight excluding hydrogens is 372 g/mol. The lowest BCUT2D eigenvalue weighted by Crippen LogP contribution is -2.49. The fraction of sp³-hybridized carbons (Fsp3) is 0.227. The van der Waals surface area contributed by atoms with Crippen molar-refractivity contribution in [3.05, 3.63) is 78.4 Å². The second-order valence-electron chi connectivity index (χ2n) is 6.72. The average Bonchev–Trinajstić information content (AvgIpc) is 2.69. The zero-order chi connectivity index (χ0) is 20.1. The van der Waals surface area contributed by atoms with Crippen LogP contribution in [0.4, 0.5) is 5.69 Å². The standard InChI is InChI=1S/C22H24N2O3S/c1-3-21(24(28(2,26)27)20-11-5-4-6-12-20)22(25)23-16-17-13-14-18-9-7-8-10-19(18)15-17/h4-15,21H,3,16H2,1-2H3,(H,23,25)/t21-/m0/s1. The number of fused-ring (bicyclic) bond motifs is 1. The highest BCUT2D eigenvalue weighted by Crippen LogP contribution is 2.22. The predicted octanol–water partition coefficient (Wildman–Crippen LogP) is 3.70. The molecule has 0 bridgehead atoms. The Morgan fingerprint density at radius 1 is 0.964 bits per heavy atom. The number of amides is 1. The molecule has 0 saturated heterocycles. The summed E-state index contributed by atoms with van der Waals surface area (Å²) < 4.78 is 26.0. The summed E-state index contributed by atoms with van der Waals surface area (Å²) in [5.41, 5.74) is 1.45. The van der Waals surface area contributed by atoms with E-state index in [9.17, 15) is 13.2 Å². The summed E-state index contributed by atoms with van der Waals surface area (Å²) in [4.78, 5) is 12.9. The van der Waals surface area contributed by atoms with Gasteiger partial charge >= 0.3 is 0 Å². The Kier molecular flexibility index (Phi) is 5.99. The Labute approximate surface area is 166 Å². The number of nitrogens with zero attached hydrogens (tertiary/aromatic N) is 1. The van der Waals surface area contributed by atoms with Crippen molar-refractivity contribution < 1.29 is 13.2 Å². The van der Waals surface area contributed by atoms with E-state index in [-0.39, 0.29) is 5.91 Å². The van der Waals surface area contributed by atoms with Gasteiger partial charge in [0.1, 0.15) is 6.04 Å². The van der Waals surface area contributed by atoms with Crippen molar-refractivity contribution in [2.45, 2.75) is 25.9 Å². The van der Waals surface area contributed by atoms with Crippen molar-refractivity contribution in [3.63, 3.8) is 0 Å². The van der Waals surface area contributed by atoms with Gasteiger partial charge < -0.3 is 5.32 Å². The minimum atomic E-state index is -3.61. The summed E-state index contributed by atoms with van der Waals surface area (Å²) in [6.07, 6.45) is 1.49. The Morgan fingerprint density at radius 2 is 1.61 bits per heavy atom. The van der Waals surface area contributed by atoms with Gasteiger partial charge in [0.25, 0.3) is 0 Å². The number of nitrogens with one attached hydrogen (secondary N) is 1. The number of carbonyl (C=O) groups is 1. The number of carbonyl (C=O) groups excluding carboxylic acids is 1. The maximum Gasteiger partial charge on any atom is 0.244 e. The molecule has 0 radical (unpaired) electrons. The first-order valence-electron chi connectivity index (χ1n) is 9.20. The third-order valence-corrected chi connectivity index (χ3v) is 5.80. The monoisotopic (exact) mass is 396 g/mol. The molecule has 146 valence electrons. The minimum Gasteiger partial charge on any atom is -0.350 e. The van der Waals surface area contributed by atoms with Gasteiger partial charge in [0, 0.05) is 6.54 Å². The summed E-state index contributed by atoms with van der Waals surface area (Å²) >= 11 is 0. The van der Waals surface area contributed by atoms with Gasteiger partial charge in [-0.15, -0.1) is 0 Å². The van der Waals surface area contributed by atoms with Gasteiger partial charge in [0.15, 0.2) is 0 Å². The van der Waals surface area contributed by atoms with E-state index in [0.29, 0.717) is 18.7 Å². The lowest BCUT2D eigenvalue weighted by atomic mass is 10.1. The second kappa shape index (κ2) is 8.44. The summed E-state index contributed by atoms with van der Waals surface area (Å²) in [5.74, 6) is -0.315. The Bertz CT molecular complexity index is 1070. The molecule has 0 saturated carbocycles. The maximum absolute atomic E-state index is 12.9. The number of rotatable bonds is 7. The minimum absolute atomic E-state index is 0.315. The van der Waals surface area contributed by atoms with Gasteiger partial charge in [0.05, 0.1) is 11.9 Å². The summed E-state index contributed by atoms with van der Waals surface area (Å²) in [6, 6.07) is 21.9. The van der Waals surface area contributed by atoms with Crippen LogP contribution in [-0.2, 0) is 21.4 Å². The smallest absolute Gasteiger partial charge is 0.244 e. The highest BCUT2D eigenvalue weighted by molar-refractivity contribution is 7.92. The third kappa shape index (κ3) is 4.51. The van der Waals surface area contributed by atoms with Crippen molar-refractivity contribution in [2.24, 2.45) is 0 Å². The number of sulfonamides is 1. The largest absolute Gasteiger partial charge is 0.350 e. The van der Waals surface area contributed by atoms with Crippen LogP contribution >= 0.6 is 0 Å². The van der Waals surface area contributed by atoms with Crippen LogP contribution in [0, 0.1) is 0 Å². The van der Waals surface area contributed by atoms with Gasteiger partial charge in [-0.3, -0.25) is 9.10 Å². The maximum atomic E-state index is 12.9. The van der Waals surface area contributed by atoms with Crippen molar-refractivity contribution in [1.82, 2.24) is 5.32 Å². The first kappa shape index (κ1) is 19.9. The van der Waals surface area contributed by atoms with Gasteiger partial charge in [-0.1, -0.05) is 61.5 Å². The fourth-order valence-electron chi connectivity index (χ4n) is 3.29. The zero-order valence-electron chi connectivity index (χ0n) is 16.0. The SMILES string of the molecule is CC[C@@H](C(=O)NCc1ccc2ccccc2c1)N(c1ccccc1)S(C)(=O)=O. The quantitative estimate of drug-likeness (QED) is 0.662. The van der Waals surface area contributed by atoms with Gasteiger partial charge in [-0.05, 0) is 41.0 Å². The lowest BCUT2D eigenvalue weighted by Gasteiger charge is -2.30. The normalized spacial score (nSPS) is 12.5. The summed E-state index contributed by atoms with van der Waals surface area (Å²) in [6.45, 7) is 2.15. The van der Waals surface area contributed by atoms with Crippen LogP contribution in [0.5, 0.6) is 0 Å². The highest BCUT2D eigenvalue weighted by Gasteiger charge is 2.31. The molecule has 3 rings (SSSR count). The van der Waals surface area contributed by atoms with Crippen molar-refractivity contribution in [3.8, 4) is 0 Å². The molecule has 0 aliphatic heterocycles. The molecule has 0 aliphatic carbocycles. The van der Waals surface area contributed by atoms with E-state index in [1.54, 1.807) is 31.2 Å². The zero-order valence-corrected chi connectivity index (χ0v) is 16.8. The van der Waals surface area contributed by atoms with E-state index >= 15 is 0 Å². The van der Waals surface area contributed by atoms with E-state index in [2.05, 4.69) is 5.32 Å². The molecule has 1 amide bonds. The van der Waals surface area contributed by atoms with E-state index in [1.165, 1.54) is 4.31 Å². The van der Waals surface area contributed by atoms with E-state index in [4.69, 9.17) is 0 Å². The lowest BCUT2D eigenvalue weighted by molar-refractivity contribution is -0.122. The van der Waals surface area contributed by atoms with E-state index < -0.39 is 16.1 Å². The first-order valence-corrected chi connectivity index (χ1v) is 11.0.